The second kappa shape index (κ2) is 10.8. The number of rotatable bonds is 7. The average molecular weight is 586 g/mol. The zero-order chi connectivity index (χ0) is 30.8. The molecule has 4 aliphatic carbocycles. The highest BCUT2D eigenvalue weighted by molar-refractivity contribution is 6.24. The molecule has 1 fully saturated rings. The van der Waals surface area contributed by atoms with Gasteiger partial charge in [0.15, 0.2) is 11.4 Å². The summed E-state index contributed by atoms with van der Waals surface area (Å²) >= 11 is 0. The number of aromatic hydroxyl groups is 1. The summed E-state index contributed by atoms with van der Waals surface area (Å²) in [7, 11) is 3.12. The molecule has 1 aromatic carbocycles. The number of halogens is 1. The van der Waals surface area contributed by atoms with Gasteiger partial charge in [-0.1, -0.05) is 12.8 Å². The summed E-state index contributed by atoms with van der Waals surface area (Å²) in [5.74, 6) is -7.59. The fourth-order valence-corrected chi connectivity index (χ4v) is 7.67. The van der Waals surface area contributed by atoms with E-state index in [1.54, 1.807) is 14.1 Å². The summed E-state index contributed by atoms with van der Waals surface area (Å²) in [6.45, 7) is 5.14. The summed E-state index contributed by atoms with van der Waals surface area (Å²) in [6.07, 6.45) is 4.47. The maximum absolute atomic E-state index is 16.2. The van der Waals surface area contributed by atoms with E-state index in [2.05, 4.69) is 4.90 Å². The van der Waals surface area contributed by atoms with Crippen molar-refractivity contribution in [1.29, 1.82) is 0 Å². The van der Waals surface area contributed by atoms with E-state index in [4.69, 9.17) is 5.73 Å². The predicted molar refractivity (Wildman–Crippen MR) is 151 cm³/mol. The molecule has 0 spiro atoms. The van der Waals surface area contributed by atoms with Gasteiger partial charge in [0.2, 0.25) is 5.78 Å². The fourth-order valence-electron chi connectivity index (χ4n) is 7.67. The van der Waals surface area contributed by atoms with Crippen molar-refractivity contribution >= 4 is 17.5 Å². The molecule has 4 atom stereocenters. The molecule has 4 aliphatic rings. The molecule has 0 aromatic heterocycles. The number of hydrogen-bond donors (Lipinski definition) is 5. The maximum atomic E-state index is 16.2. The minimum absolute atomic E-state index is 0.0210. The standard InChI is InChI=1S/C31H40FN3O7/c1-14(2)35(12-15-7-5-6-8-15)13-17-11-20(36)22-18(24(17)32)9-16-10-19-25(34(3)4)27(38)23(30(33)41)29(40)31(19,42)28(39)21(16)26(22)37/h11,14-16,19,25,36,38-39,42H,5-10,12-13H2,1-4H3,(H2,33,41)/t16-,19-,25-,31-/m0/s1. The lowest BCUT2D eigenvalue weighted by Crippen LogP contribution is -2.63. The van der Waals surface area contributed by atoms with Gasteiger partial charge in [-0.3, -0.25) is 24.2 Å². The summed E-state index contributed by atoms with van der Waals surface area (Å²) in [5.41, 5.74) is 1.43. The van der Waals surface area contributed by atoms with Gasteiger partial charge in [0.05, 0.1) is 11.6 Å². The van der Waals surface area contributed by atoms with Crippen molar-refractivity contribution in [2.75, 3.05) is 20.6 Å². The van der Waals surface area contributed by atoms with E-state index in [-0.39, 0.29) is 47.7 Å². The van der Waals surface area contributed by atoms with Crippen LogP contribution in [-0.4, -0.2) is 86.0 Å². The Labute approximate surface area is 244 Å². The number of amides is 1. The highest BCUT2D eigenvalue weighted by Crippen LogP contribution is 2.52. The predicted octanol–water partition coefficient (Wildman–Crippen LogP) is 2.66. The van der Waals surface area contributed by atoms with Crippen LogP contribution < -0.4 is 5.73 Å². The van der Waals surface area contributed by atoms with Gasteiger partial charge in [0, 0.05) is 41.7 Å². The molecule has 0 radical (unpaired) electrons. The van der Waals surface area contributed by atoms with Crippen molar-refractivity contribution in [3.8, 4) is 5.75 Å². The van der Waals surface area contributed by atoms with E-state index in [1.165, 1.54) is 23.8 Å². The van der Waals surface area contributed by atoms with Gasteiger partial charge in [0.1, 0.15) is 28.7 Å². The topological polar surface area (TPSA) is 165 Å². The Morgan fingerprint density at radius 2 is 1.81 bits per heavy atom. The number of phenolic OH excluding ortho intramolecular Hbond substituents is 1. The largest absolute Gasteiger partial charge is 0.510 e. The minimum atomic E-state index is -2.73. The van der Waals surface area contributed by atoms with Crippen molar-refractivity contribution in [3.63, 3.8) is 0 Å². The summed E-state index contributed by atoms with van der Waals surface area (Å²) < 4.78 is 16.2. The number of allylic oxidation sites excluding steroid dienone is 1. The number of Topliss-reactive ketones (excluding diaryl/α,β-unsaturated/α-hetero) is 2. The molecule has 5 rings (SSSR count). The number of aliphatic hydroxyl groups excluding tert-OH is 2. The Balaban J connectivity index is 1.57. The number of carbonyl (C=O) groups excluding carboxylic acids is 3. The number of phenols is 1. The van der Waals surface area contributed by atoms with Crippen molar-refractivity contribution in [3.05, 3.63) is 51.2 Å². The van der Waals surface area contributed by atoms with Crippen LogP contribution in [0.3, 0.4) is 0 Å². The normalized spacial score (nSPS) is 28.2. The second-order valence-corrected chi connectivity index (χ2v) is 12.9. The van der Waals surface area contributed by atoms with Crippen LogP contribution in [0, 0.1) is 23.6 Å². The highest BCUT2D eigenvalue weighted by atomic mass is 19.1. The Morgan fingerprint density at radius 1 is 1.17 bits per heavy atom. The second-order valence-electron chi connectivity index (χ2n) is 12.9. The van der Waals surface area contributed by atoms with Crippen molar-refractivity contribution < 1.29 is 39.2 Å². The van der Waals surface area contributed by atoms with Gasteiger partial charge in [-0.25, -0.2) is 4.39 Å². The number of ketones is 2. The molecule has 0 heterocycles. The molecular formula is C31H40FN3O7. The van der Waals surface area contributed by atoms with Gasteiger partial charge in [-0.15, -0.1) is 0 Å². The van der Waals surface area contributed by atoms with E-state index in [9.17, 15) is 34.8 Å². The number of aliphatic hydroxyl groups is 3. The van der Waals surface area contributed by atoms with Crippen LogP contribution in [0.25, 0.3) is 0 Å². The molecule has 10 nitrogen and oxygen atoms in total. The lowest BCUT2D eigenvalue weighted by Gasteiger charge is -2.50. The molecule has 0 aliphatic heterocycles. The third-order valence-electron chi connectivity index (χ3n) is 9.80. The van der Waals surface area contributed by atoms with Crippen molar-refractivity contribution in [2.24, 2.45) is 23.5 Å². The number of carbonyl (C=O) groups is 3. The zero-order valence-electron chi connectivity index (χ0n) is 24.5. The van der Waals surface area contributed by atoms with E-state index in [0.29, 0.717) is 5.92 Å². The number of likely N-dealkylation sites (N-methyl/N-ethyl adjacent to an activating group) is 1. The van der Waals surface area contributed by atoms with Crippen LogP contribution in [0.5, 0.6) is 5.75 Å². The number of nitrogens with zero attached hydrogens (tertiary/aromatic N) is 2. The number of hydrogen-bond acceptors (Lipinski definition) is 9. The first-order valence-electron chi connectivity index (χ1n) is 14.6. The van der Waals surface area contributed by atoms with E-state index >= 15 is 4.39 Å². The molecule has 6 N–H and O–H groups in total. The van der Waals surface area contributed by atoms with E-state index < -0.39 is 69.6 Å². The summed E-state index contributed by atoms with van der Waals surface area (Å²) in [5, 5.41) is 45.0. The third-order valence-corrected chi connectivity index (χ3v) is 9.80. The van der Waals surface area contributed by atoms with Gasteiger partial charge in [-0.05, 0) is 71.5 Å². The summed E-state index contributed by atoms with van der Waals surface area (Å²) in [4.78, 5) is 42.9. The Hall–Kier alpha value is -3.28. The summed E-state index contributed by atoms with van der Waals surface area (Å²) in [6, 6.07) is 0.272. The first-order valence-corrected chi connectivity index (χ1v) is 14.6. The number of fused-ring (bicyclic) bond motifs is 3. The first kappa shape index (κ1) is 30.2. The molecule has 0 saturated heterocycles. The van der Waals surface area contributed by atoms with Crippen LogP contribution in [0.2, 0.25) is 0 Å². The van der Waals surface area contributed by atoms with E-state index in [0.717, 1.165) is 19.4 Å². The van der Waals surface area contributed by atoms with Crippen LogP contribution in [0.1, 0.15) is 67.4 Å². The molecule has 1 saturated carbocycles. The minimum Gasteiger partial charge on any atom is -0.510 e. The SMILES string of the molecule is CC(C)N(Cc1cc(O)c2c(c1F)C[C@H]1C[C@H]3[C@H](N(C)C)C(O)=C(C(N)=O)C(=O)[C@@]3(O)C(O)=C1C2=O)CC1CCCC1. The lowest BCUT2D eigenvalue weighted by atomic mass is 9.58. The third kappa shape index (κ3) is 4.53. The van der Waals surface area contributed by atoms with Gasteiger partial charge < -0.3 is 26.2 Å². The van der Waals surface area contributed by atoms with Crippen LogP contribution in [-0.2, 0) is 22.6 Å². The number of primary amides is 1. The smallest absolute Gasteiger partial charge is 0.255 e. The van der Waals surface area contributed by atoms with Crippen molar-refractivity contribution in [2.45, 2.75) is 76.6 Å². The maximum Gasteiger partial charge on any atom is 0.255 e. The molecule has 11 heteroatoms. The Morgan fingerprint density at radius 3 is 2.38 bits per heavy atom. The lowest BCUT2D eigenvalue weighted by molar-refractivity contribution is -0.148. The molecule has 0 bridgehead atoms. The number of nitrogens with two attached hydrogens (primary N) is 1. The van der Waals surface area contributed by atoms with Crippen LogP contribution in [0.15, 0.2) is 28.7 Å². The molecule has 1 aromatic rings. The van der Waals surface area contributed by atoms with Gasteiger partial charge in [-0.2, -0.15) is 0 Å². The molecule has 0 unspecified atom stereocenters. The van der Waals surface area contributed by atoms with Crippen LogP contribution >= 0.6 is 0 Å². The van der Waals surface area contributed by atoms with Crippen LogP contribution in [0.4, 0.5) is 4.39 Å². The van der Waals surface area contributed by atoms with Crippen molar-refractivity contribution in [1.82, 2.24) is 9.80 Å². The van der Waals surface area contributed by atoms with Gasteiger partial charge in [0.25, 0.3) is 5.91 Å². The Kier molecular flexibility index (Phi) is 7.74. The first-order chi connectivity index (χ1) is 19.7. The average Bonchev–Trinajstić information content (AvgIpc) is 3.41. The highest BCUT2D eigenvalue weighted by Gasteiger charge is 2.63. The molecule has 1 amide bonds. The monoisotopic (exact) mass is 585 g/mol. The van der Waals surface area contributed by atoms with E-state index in [1.807, 2.05) is 13.8 Å². The quantitative estimate of drug-likeness (QED) is 0.303. The Bertz CT molecular complexity index is 1410. The fraction of sp³-hybridized carbons (Fsp3) is 0.581. The zero-order valence-corrected chi connectivity index (χ0v) is 24.5. The number of benzene rings is 1. The van der Waals surface area contributed by atoms with Gasteiger partial charge >= 0.3 is 0 Å². The molecule has 42 heavy (non-hydrogen) atoms. The molecule has 228 valence electrons. The molecular weight excluding hydrogens is 545 g/mol.